The molecule has 6 heteroatoms. The van der Waals surface area contributed by atoms with Crippen molar-refractivity contribution in [3.05, 3.63) is 5.01 Å². The Hall–Kier alpha value is -1.17. The Kier molecular flexibility index (Phi) is 3.09. The molecule has 0 unspecified atom stereocenters. The van der Waals surface area contributed by atoms with Crippen LogP contribution in [0.1, 0.15) is 30.7 Å². The second-order valence-electron chi connectivity index (χ2n) is 4.40. The van der Waals surface area contributed by atoms with Crippen molar-refractivity contribution in [3.63, 3.8) is 0 Å². The van der Waals surface area contributed by atoms with Crippen LogP contribution in [0.3, 0.4) is 0 Å². The molecule has 16 heavy (non-hydrogen) atoms. The number of hydrogen-bond acceptors (Lipinski definition) is 5. The molecule has 1 aliphatic carbocycles. The number of carbonyl (C=O) groups is 1. The van der Waals surface area contributed by atoms with Gasteiger partial charge in [-0.2, -0.15) is 0 Å². The predicted octanol–water partition coefficient (Wildman–Crippen LogP) is 1.90. The van der Waals surface area contributed by atoms with Gasteiger partial charge in [0.25, 0.3) is 0 Å². The van der Waals surface area contributed by atoms with E-state index in [4.69, 9.17) is 5.11 Å². The Morgan fingerprint density at radius 1 is 1.56 bits per heavy atom. The van der Waals surface area contributed by atoms with E-state index in [9.17, 15) is 4.79 Å². The first-order chi connectivity index (χ1) is 7.60. The van der Waals surface area contributed by atoms with Crippen LogP contribution < -0.4 is 5.32 Å². The Bertz CT molecular complexity index is 387. The Balaban J connectivity index is 1.90. The maximum atomic E-state index is 10.8. The number of carboxylic acids is 1. The first-order valence-corrected chi connectivity index (χ1v) is 6.17. The van der Waals surface area contributed by atoms with Crippen LogP contribution in [0.25, 0.3) is 0 Å². The molecule has 0 aliphatic heterocycles. The van der Waals surface area contributed by atoms with Crippen LogP contribution in [0.4, 0.5) is 5.13 Å². The summed E-state index contributed by atoms with van der Waals surface area (Å²) in [5.74, 6) is -0.713. The molecule has 1 aromatic rings. The fourth-order valence-corrected chi connectivity index (χ4v) is 2.63. The lowest BCUT2D eigenvalue weighted by molar-refractivity contribution is -0.141. The summed E-state index contributed by atoms with van der Waals surface area (Å²) in [5, 5.41) is 21.6. The van der Waals surface area contributed by atoms with E-state index in [1.54, 1.807) is 0 Å². The van der Waals surface area contributed by atoms with E-state index in [-0.39, 0.29) is 11.8 Å². The van der Waals surface area contributed by atoms with Crippen molar-refractivity contribution >= 4 is 22.4 Å². The van der Waals surface area contributed by atoms with Gasteiger partial charge in [0, 0.05) is 6.54 Å². The maximum absolute atomic E-state index is 10.8. The molecular weight excluding hydrogens is 226 g/mol. The highest BCUT2D eigenvalue weighted by molar-refractivity contribution is 7.15. The van der Waals surface area contributed by atoms with Crippen LogP contribution in [0.2, 0.25) is 0 Å². The lowest BCUT2D eigenvalue weighted by Crippen LogP contribution is -2.38. The normalized spacial score (nSPS) is 17.8. The molecule has 0 radical (unpaired) electrons. The Morgan fingerprint density at radius 3 is 2.75 bits per heavy atom. The largest absolute Gasteiger partial charge is 0.481 e. The topological polar surface area (TPSA) is 75.1 Å². The Labute approximate surface area is 97.9 Å². The zero-order valence-corrected chi connectivity index (χ0v) is 10.0. The molecule has 1 fully saturated rings. The predicted molar refractivity (Wildman–Crippen MR) is 61.7 cm³/mol. The lowest BCUT2D eigenvalue weighted by Gasteiger charge is -2.40. The summed E-state index contributed by atoms with van der Waals surface area (Å²) >= 11 is 1.50. The minimum atomic E-state index is -0.713. The molecule has 1 heterocycles. The fourth-order valence-electron chi connectivity index (χ4n) is 2.04. The lowest BCUT2D eigenvalue weighted by atomic mass is 9.66. The molecule has 1 saturated carbocycles. The average molecular weight is 241 g/mol. The van der Waals surface area contributed by atoms with Crippen molar-refractivity contribution in [2.45, 2.75) is 32.6 Å². The van der Waals surface area contributed by atoms with Crippen molar-refractivity contribution in [3.8, 4) is 0 Å². The van der Waals surface area contributed by atoms with Crippen LogP contribution in [0.5, 0.6) is 0 Å². The quantitative estimate of drug-likeness (QED) is 0.823. The molecule has 0 saturated heterocycles. The van der Waals surface area contributed by atoms with Gasteiger partial charge in [0.15, 0.2) is 0 Å². The van der Waals surface area contributed by atoms with Gasteiger partial charge in [-0.3, -0.25) is 4.79 Å². The molecule has 0 bridgehead atoms. The van der Waals surface area contributed by atoms with Crippen molar-refractivity contribution < 1.29 is 9.90 Å². The number of nitrogens with one attached hydrogen (secondary N) is 1. The maximum Gasteiger partial charge on any atom is 0.303 e. The highest BCUT2D eigenvalue weighted by Gasteiger charge is 2.38. The first kappa shape index (κ1) is 11.3. The minimum absolute atomic E-state index is 0.0641. The number of rotatable bonds is 5. The fraction of sp³-hybridized carbons (Fsp3) is 0.700. The van der Waals surface area contributed by atoms with Gasteiger partial charge in [0.05, 0.1) is 6.42 Å². The van der Waals surface area contributed by atoms with E-state index in [2.05, 4.69) is 15.5 Å². The van der Waals surface area contributed by atoms with Gasteiger partial charge < -0.3 is 10.4 Å². The molecule has 2 N–H and O–H groups in total. The first-order valence-electron chi connectivity index (χ1n) is 5.35. The summed E-state index contributed by atoms with van der Waals surface area (Å²) < 4.78 is 0. The van der Waals surface area contributed by atoms with Crippen LogP contribution >= 0.6 is 11.3 Å². The monoisotopic (exact) mass is 241 g/mol. The van der Waals surface area contributed by atoms with Gasteiger partial charge in [0.1, 0.15) is 5.01 Å². The summed E-state index contributed by atoms with van der Waals surface area (Å²) in [7, 11) is 0. The van der Waals surface area contributed by atoms with Gasteiger partial charge >= 0.3 is 5.97 Å². The summed E-state index contributed by atoms with van der Waals surface area (Å²) in [5.41, 5.74) is -0.0641. The van der Waals surface area contributed by atoms with Gasteiger partial charge in [-0.25, -0.2) is 0 Å². The second-order valence-corrected chi connectivity index (χ2v) is 5.59. The number of nitrogens with zero attached hydrogens (tertiary/aromatic N) is 2. The molecule has 5 nitrogen and oxygen atoms in total. The number of aromatic nitrogens is 2. The van der Waals surface area contributed by atoms with Gasteiger partial charge in [0.2, 0.25) is 5.13 Å². The van der Waals surface area contributed by atoms with E-state index < -0.39 is 5.97 Å². The van der Waals surface area contributed by atoms with Crippen molar-refractivity contribution in [2.24, 2.45) is 5.41 Å². The van der Waals surface area contributed by atoms with Crippen LogP contribution in [-0.2, 0) is 4.79 Å². The highest BCUT2D eigenvalue weighted by Crippen LogP contribution is 2.44. The van der Waals surface area contributed by atoms with Gasteiger partial charge in [-0.05, 0) is 25.2 Å². The molecule has 0 aromatic carbocycles. The average Bonchev–Trinajstić information content (AvgIpc) is 2.55. The number of carboxylic acid groups (broad SMARTS) is 1. The second kappa shape index (κ2) is 4.37. The van der Waals surface area contributed by atoms with Crippen molar-refractivity contribution in [1.82, 2.24) is 10.2 Å². The zero-order chi connectivity index (χ0) is 11.6. The van der Waals surface area contributed by atoms with E-state index in [1.807, 2.05) is 6.92 Å². The highest BCUT2D eigenvalue weighted by atomic mass is 32.1. The Morgan fingerprint density at radius 2 is 2.31 bits per heavy atom. The van der Waals surface area contributed by atoms with Gasteiger partial charge in [-0.15, -0.1) is 10.2 Å². The SMILES string of the molecule is Cc1nnc(NCC2(CC(=O)O)CCC2)s1. The molecule has 0 amide bonds. The van der Waals surface area contributed by atoms with Crippen molar-refractivity contribution in [2.75, 3.05) is 11.9 Å². The third-order valence-electron chi connectivity index (χ3n) is 3.08. The molecule has 1 aliphatic rings. The number of anilines is 1. The number of aryl methyl sites for hydroxylation is 1. The third kappa shape index (κ3) is 2.49. The summed E-state index contributed by atoms with van der Waals surface area (Å²) in [6, 6.07) is 0. The molecule has 1 aromatic heterocycles. The number of aliphatic carboxylic acids is 1. The molecule has 0 spiro atoms. The van der Waals surface area contributed by atoms with E-state index in [1.165, 1.54) is 11.3 Å². The van der Waals surface area contributed by atoms with E-state index in [0.717, 1.165) is 29.4 Å². The van der Waals surface area contributed by atoms with Crippen LogP contribution in [-0.4, -0.2) is 27.8 Å². The van der Waals surface area contributed by atoms with Crippen molar-refractivity contribution in [1.29, 1.82) is 0 Å². The summed E-state index contributed by atoms with van der Waals surface area (Å²) in [4.78, 5) is 10.8. The van der Waals surface area contributed by atoms with Crippen LogP contribution in [0, 0.1) is 12.3 Å². The molecule has 0 atom stereocenters. The van der Waals surface area contributed by atoms with Crippen LogP contribution in [0.15, 0.2) is 0 Å². The number of hydrogen-bond donors (Lipinski definition) is 2. The smallest absolute Gasteiger partial charge is 0.303 e. The third-order valence-corrected chi connectivity index (χ3v) is 3.88. The van der Waals surface area contributed by atoms with Gasteiger partial charge in [-0.1, -0.05) is 17.8 Å². The standard InChI is InChI=1S/C10H15N3O2S/c1-7-12-13-9(16-7)11-6-10(3-2-4-10)5-8(14)15/h2-6H2,1H3,(H,11,13)(H,14,15). The minimum Gasteiger partial charge on any atom is -0.481 e. The summed E-state index contributed by atoms with van der Waals surface area (Å²) in [6.45, 7) is 2.59. The zero-order valence-electron chi connectivity index (χ0n) is 9.19. The van der Waals surface area contributed by atoms with E-state index in [0.29, 0.717) is 6.54 Å². The molecule has 2 rings (SSSR count). The summed E-state index contributed by atoms with van der Waals surface area (Å²) in [6.07, 6.45) is 3.36. The van der Waals surface area contributed by atoms with E-state index >= 15 is 0 Å². The molecular formula is C10H15N3O2S. The molecule has 88 valence electrons.